The lowest BCUT2D eigenvalue weighted by molar-refractivity contribution is 0.269. The molecule has 112 valence electrons. The molecule has 0 aliphatic carbocycles. The van der Waals surface area contributed by atoms with Crippen molar-refractivity contribution in [2.24, 2.45) is 4.99 Å². The van der Waals surface area contributed by atoms with Crippen LogP contribution in [0.1, 0.15) is 24.8 Å². The first-order chi connectivity index (χ1) is 10.8. The fourth-order valence-corrected chi connectivity index (χ4v) is 3.46. The fourth-order valence-electron chi connectivity index (χ4n) is 3.46. The number of halogens is 1. The number of fused-ring (bicyclic) bond motifs is 1. The van der Waals surface area contributed by atoms with Crippen LogP contribution in [0.15, 0.2) is 53.5 Å². The molecular weight excluding hydrogens is 275 g/mol. The summed E-state index contributed by atoms with van der Waals surface area (Å²) in [7, 11) is 0. The van der Waals surface area contributed by atoms with Gasteiger partial charge in [0.25, 0.3) is 0 Å². The van der Waals surface area contributed by atoms with Crippen molar-refractivity contribution in [1.82, 2.24) is 4.90 Å². The number of nitrogens with zero attached hydrogens (tertiary/aromatic N) is 2. The summed E-state index contributed by atoms with van der Waals surface area (Å²) in [6.07, 6.45) is 3.86. The number of piperidine rings is 1. The van der Waals surface area contributed by atoms with Crippen molar-refractivity contribution < 1.29 is 4.39 Å². The van der Waals surface area contributed by atoms with Gasteiger partial charge >= 0.3 is 0 Å². The zero-order valence-electron chi connectivity index (χ0n) is 12.5. The van der Waals surface area contributed by atoms with E-state index in [0.29, 0.717) is 6.04 Å². The average molecular weight is 294 g/mol. The van der Waals surface area contributed by atoms with Crippen molar-refractivity contribution in [3.8, 4) is 11.1 Å². The normalized spacial score (nSPS) is 20.7. The topological polar surface area (TPSA) is 15.6 Å². The van der Waals surface area contributed by atoms with E-state index in [1.165, 1.54) is 37.0 Å². The highest BCUT2D eigenvalue weighted by Gasteiger charge is 2.30. The molecule has 0 radical (unpaired) electrons. The number of amidine groups is 1. The van der Waals surface area contributed by atoms with Gasteiger partial charge in [0.1, 0.15) is 11.7 Å². The molecule has 1 fully saturated rings. The molecule has 4 rings (SSSR count). The molecular formula is C19H19FN2. The lowest BCUT2D eigenvalue weighted by Gasteiger charge is -2.32. The van der Waals surface area contributed by atoms with Crippen LogP contribution in [0.2, 0.25) is 0 Å². The molecule has 0 aromatic heterocycles. The minimum atomic E-state index is -0.197. The van der Waals surface area contributed by atoms with E-state index in [1.54, 1.807) is 0 Å². The third-order valence-electron chi connectivity index (χ3n) is 4.67. The Morgan fingerprint density at radius 1 is 0.864 bits per heavy atom. The van der Waals surface area contributed by atoms with E-state index >= 15 is 0 Å². The van der Waals surface area contributed by atoms with Crippen LogP contribution in [-0.4, -0.2) is 29.9 Å². The lowest BCUT2D eigenvalue weighted by Crippen LogP contribution is -2.40. The molecule has 0 spiro atoms. The summed E-state index contributed by atoms with van der Waals surface area (Å²) in [6.45, 7) is 2.07. The van der Waals surface area contributed by atoms with Gasteiger partial charge in [-0.25, -0.2) is 4.39 Å². The van der Waals surface area contributed by atoms with Gasteiger partial charge in [-0.2, -0.15) is 0 Å². The smallest absolute Gasteiger partial charge is 0.131 e. The van der Waals surface area contributed by atoms with Crippen LogP contribution in [0.3, 0.4) is 0 Å². The third kappa shape index (κ3) is 2.41. The van der Waals surface area contributed by atoms with Gasteiger partial charge in [-0.1, -0.05) is 36.4 Å². The van der Waals surface area contributed by atoms with Gasteiger partial charge in [-0.05, 0) is 42.5 Å². The Hall–Kier alpha value is -2.16. The van der Waals surface area contributed by atoms with Gasteiger partial charge in [0.15, 0.2) is 0 Å². The van der Waals surface area contributed by atoms with Gasteiger partial charge in [-0.3, -0.25) is 4.99 Å². The molecule has 1 atom stereocenters. The highest BCUT2D eigenvalue weighted by atomic mass is 19.1. The highest BCUT2D eigenvalue weighted by molar-refractivity contribution is 6.00. The monoisotopic (exact) mass is 294 g/mol. The predicted octanol–water partition coefficient (Wildman–Crippen LogP) is 4.11. The molecule has 2 aromatic rings. The SMILES string of the molecule is Fc1ccc(-c2ccc(C3=NCC4CCCCN34)cc2)cc1. The zero-order valence-corrected chi connectivity index (χ0v) is 12.5. The highest BCUT2D eigenvalue weighted by Crippen LogP contribution is 2.26. The van der Waals surface area contributed by atoms with Gasteiger partial charge < -0.3 is 4.90 Å². The summed E-state index contributed by atoms with van der Waals surface area (Å²) in [5.74, 6) is 0.951. The minimum absolute atomic E-state index is 0.197. The first-order valence-electron chi connectivity index (χ1n) is 7.99. The van der Waals surface area contributed by atoms with Crippen molar-refractivity contribution in [3.63, 3.8) is 0 Å². The summed E-state index contributed by atoms with van der Waals surface area (Å²) >= 11 is 0. The summed E-state index contributed by atoms with van der Waals surface area (Å²) in [5.41, 5.74) is 3.34. The van der Waals surface area contributed by atoms with E-state index in [4.69, 9.17) is 4.99 Å². The minimum Gasteiger partial charge on any atom is -0.352 e. The van der Waals surface area contributed by atoms with E-state index in [9.17, 15) is 4.39 Å². The summed E-state index contributed by atoms with van der Waals surface area (Å²) < 4.78 is 13.0. The fraction of sp³-hybridized carbons (Fsp3) is 0.316. The molecule has 2 aliphatic heterocycles. The van der Waals surface area contributed by atoms with Gasteiger partial charge in [0.2, 0.25) is 0 Å². The van der Waals surface area contributed by atoms with Crippen LogP contribution in [0.5, 0.6) is 0 Å². The van der Waals surface area contributed by atoms with Gasteiger partial charge in [-0.15, -0.1) is 0 Å². The van der Waals surface area contributed by atoms with E-state index in [1.807, 2.05) is 12.1 Å². The first kappa shape index (κ1) is 13.5. The van der Waals surface area contributed by atoms with Crippen LogP contribution < -0.4 is 0 Å². The maximum absolute atomic E-state index is 13.0. The Morgan fingerprint density at radius 3 is 2.23 bits per heavy atom. The molecule has 0 bridgehead atoms. The molecule has 1 saturated heterocycles. The van der Waals surface area contributed by atoms with Crippen molar-refractivity contribution in [3.05, 3.63) is 59.9 Å². The molecule has 0 saturated carbocycles. The molecule has 0 N–H and O–H groups in total. The quantitative estimate of drug-likeness (QED) is 0.814. The second-order valence-electron chi connectivity index (χ2n) is 6.09. The molecule has 1 unspecified atom stereocenters. The average Bonchev–Trinajstić information content (AvgIpc) is 3.00. The maximum Gasteiger partial charge on any atom is 0.131 e. The molecule has 2 nitrogen and oxygen atoms in total. The van der Waals surface area contributed by atoms with E-state index < -0.39 is 0 Å². The molecule has 2 aromatic carbocycles. The lowest BCUT2D eigenvalue weighted by atomic mass is 10.0. The molecule has 0 amide bonds. The Kier molecular flexibility index (Phi) is 3.41. The number of rotatable bonds is 2. The summed E-state index contributed by atoms with van der Waals surface area (Å²) in [4.78, 5) is 7.23. The Labute approximate surface area is 130 Å². The predicted molar refractivity (Wildman–Crippen MR) is 87.6 cm³/mol. The molecule has 22 heavy (non-hydrogen) atoms. The number of hydrogen-bond donors (Lipinski definition) is 0. The van der Waals surface area contributed by atoms with Crippen molar-refractivity contribution in [2.75, 3.05) is 13.1 Å². The molecule has 3 heteroatoms. The van der Waals surface area contributed by atoms with Crippen LogP contribution in [-0.2, 0) is 0 Å². The number of aliphatic imine (C=N–C) groups is 1. The first-order valence-corrected chi connectivity index (χ1v) is 7.99. The van der Waals surface area contributed by atoms with Crippen LogP contribution in [0.4, 0.5) is 4.39 Å². The summed E-state index contributed by atoms with van der Waals surface area (Å²) in [6, 6.07) is 15.7. The second-order valence-corrected chi connectivity index (χ2v) is 6.09. The number of hydrogen-bond acceptors (Lipinski definition) is 2. The van der Waals surface area contributed by atoms with E-state index in [-0.39, 0.29) is 5.82 Å². The zero-order chi connectivity index (χ0) is 14.9. The van der Waals surface area contributed by atoms with Crippen LogP contribution in [0, 0.1) is 5.82 Å². The van der Waals surface area contributed by atoms with Gasteiger partial charge in [0.05, 0.1) is 12.6 Å². The van der Waals surface area contributed by atoms with Crippen molar-refractivity contribution >= 4 is 5.84 Å². The Balaban J connectivity index is 1.58. The molecule has 2 aliphatic rings. The molecule has 2 heterocycles. The van der Waals surface area contributed by atoms with Gasteiger partial charge in [0, 0.05) is 12.1 Å². The standard InChI is InChI=1S/C19H19FN2/c20-17-10-8-15(9-11-17)14-4-6-16(7-5-14)19-21-13-18-3-1-2-12-22(18)19/h4-11,18H,1-3,12-13H2. The summed E-state index contributed by atoms with van der Waals surface area (Å²) in [5, 5.41) is 0. The second kappa shape index (κ2) is 5.56. The third-order valence-corrected chi connectivity index (χ3v) is 4.67. The Bertz CT molecular complexity index is 688. The van der Waals surface area contributed by atoms with Crippen LogP contribution in [0.25, 0.3) is 11.1 Å². The Morgan fingerprint density at radius 2 is 1.50 bits per heavy atom. The largest absolute Gasteiger partial charge is 0.352 e. The van der Waals surface area contributed by atoms with Crippen LogP contribution >= 0.6 is 0 Å². The van der Waals surface area contributed by atoms with E-state index in [2.05, 4.69) is 29.2 Å². The van der Waals surface area contributed by atoms with E-state index in [0.717, 1.165) is 30.1 Å². The number of benzene rings is 2. The van der Waals surface area contributed by atoms with Crippen molar-refractivity contribution in [1.29, 1.82) is 0 Å². The van der Waals surface area contributed by atoms with Crippen molar-refractivity contribution in [2.45, 2.75) is 25.3 Å². The maximum atomic E-state index is 13.0.